The largest absolute Gasteiger partial charge is 0.504 e. The standard InChI is InChI=1S/C15H15N3O2/c1-2-7-18-12-5-6-16-9-11(12)17-15(18)10-3-4-13(19)14(20)8-10/h3-6,8-9,19-20H,2,7H2,1H3. The van der Waals surface area contributed by atoms with E-state index < -0.39 is 0 Å². The molecule has 2 aromatic heterocycles. The molecule has 0 saturated heterocycles. The third kappa shape index (κ3) is 1.97. The van der Waals surface area contributed by atoms with Crippen molar-refractivity contribution in [1.82, 2.24) is 14.5 Å². The van der Waals surface area contributed by atoms with Gasteiger partial charge in [-0.3, -0.25) is 4.98 Å². The Balaban J connectivity index is 2.23. The van der Waals surface area contributed by atoms with Gasteiger partial charge >= 0.3 is 0 Å². The number of phenolic OH excluding ortho intramolecular Hbond substituents is 2. The summed E-state index contributed by atoms with van der Waals surface area (Å²) in [6.07, 6.45) is 4.45. The minimum Gasteiger partial charge on any atom is -0.504 e. The van der Waals surface area contributed by atoms with Gasteiger partial charge in [-0.05, 0) is 30.7 Å². The van der Waals surface area contributed by atoms with Gasteiger partial charge < -0.3 is 14.8 Å². The van der Waals surface area contributed by atoms with E-state index in [1.165, 1.54) is 12.1 Å². The molecule has 0 fully saturated rings. The number of phenols is 2. The van der Waals surface area contributed by atoms with Crippen LogP contribution in [-0.4, -0.2) is 24.7 Å². The predicted molar refractivity (Wildman–Crippen MR) is 76.6 cm³/mol. The molecule has 0 bridgehead atoms. The van der Waals surface area contributed by atoms with E-state index >= 15 is 0 Å². The first-order valence-electron chi connectivity index (χ1n) is 6.53. The lowest BCUT2D eigenvalue weighted by Gasteiger charge is -2.08. The van der Waals surface area contributed by atoms with Crippen molar-refractivity contribution in [3.63, 3.8) is 0 Å². The number of hydrogen-bond acceptors (Lipinski definition) is 4. The Morgan fingerprint density at radius 1 is 1.15 bits per heavy atom. The maximum atomic E-state index is 9.66. The van der Waals surface area contributed by atoms with Crippen LogP contribution in [0.2, 0.25) is 0 Å². The quantitative estimate of drug-likeness (QED) is 0.717. The Morgan fingerprint density at radius 2 is 2.00 bits per heavy atom. The number of aromatic hydroxyl groups is 2. The summed E-state index contributed by atoms with van der Waals surface area (Å²) in [5.74, 6) is 0.495. The number of nitrogens with zero attached hydrogens (tertiary/aromatic N) is 3. The summed E-state index contributed by atoms with van der Waals surface area (Å²) in [6.45, 7) is 2.93. The zero-order chi connectivity index (χ0) is 14.1. The van der Waals surface area contributed by atoms with E-state index in [2.05, 4.69) is 21.5 Å². The predicted octanol–water partition coefficient (Wildman–Crippen LogP) is 2.92. The highest BCUT2D eigenvalue weighted by atomic mass is 16.3. The van der Waals surface area contributed by atoms with Crippen LogP contribution in [0, 0.1) is 0 Å². The van der Waals surface area contributed by atoms with E-state index in [-0.39, 0.29) is 11.5 Å². The van der Waals surface area contributed by atoms with Gasteiger partial charge in [0.25, 0.3) is 0 Å². The number of fused-ring (bicyclic) bond motifs is 1. The maximum absolute atomic E-state index is 9.66. The van der Waals surface area contributed by atoms with Gasteiger partial charge in [0.15, 0.2) is 11.5 Å². The fourth-order valence-corrected chi connectivity index (χ4v) is 2.31. The number of benzene rings is 1. The van der Waals surface area contributed by atoms with Gasteiger partial charge in [-0.15, -0.1) is 0 Å². The smallest absolute Gasteiger partial charge is 0.158 e. The lowest BCUT2D eigenvalue weighted by molar-refractivity contribution is 0.404. The highest BCUT2D eigenvalue weighted by Crippen LogP contribution is 2.31. The minimum atomic E-state index is -0.143. The third-order valence-electron chi connectivity index (χ3n) is 3.23. The molecule has 5 nitrogen and oxygen atoms in total. The monoisotopic (exact) mass is 269 g/mol. The van der Waals surface area contributed by atoms with Crippen molar-refractivity contribution in [3.8, 4) is 22.9 Å². The summed E-state index contributed by atoms with van der Waals surface area (Å²) in [5, 5.41) is 19.1. The first kappa shape index (κ1) is 12.5. The fourth-order valence-electron chi connectivity index (χ4n) is 2.31. The second-order valence-electron chi connectivity index (χ2n) is 4.65. The van der Waals surface area contributed by atoms with Crippen molar-refractivity contribution >= 4 is 11.0 Å². The molecule has 3 rings (SSSR count). The molecule has 0 aliphatic heterocycles. The minimum absolute atomic E-state index is 0.131. The average molecular weight is 269 g/mol. The zero-order valence-electron chi connectivity index (χ0n) is 11.1. The molecule has 0 aliphatic rings. The molecule has 0 atom stereocenters. The first-order valence-corrected chi connectivity index (χ1v) is 6.53. The molecule has 0 spiro atoms. The molecule has 5 heteroatoms. The van der Waals surface area contributed by atoms with Crippen LogP contribution in [0.4, 0.5) is 0 Å². The van der Waals surface area contributed by atoms with E-state index in [1.54, 1.807) is 18.5 Å². The number of imidazole rings is 1. The molecular weight excluding hydrogens is 254 g/mol. The molecule has 3 aromatic rings. The molecule has 0 amide bonds. The van der Waals surface area contributed by atoms with Gasteiger partial charge in [0.05, 0.1) is 11.7 Å². The SMILES string of the molecule is CCCn1c(-c2ccc(O)c(O)c2)nc2cnccc21. The summed E-state index contributed by atoms with van der Waals surface area (Å²) in [7, 11) is 0. The normalized spacial score (nSPS) is 11.1. The van der Waals surface area contributed by atoms with Crippen molar-refractivity contribution in [2.24, 2.45) is 0 Å². The Morgan fingerprint density at radius 3 is 2.75 bits per heavy atom. The summed E-state index contributed by atoms with van der Waals surface area (Å²) >= 11 is 0. The highest BCUT2D eigenvalue weighted by molar-refractivity contribution is 5.80. The summed E-state index contributed by atoms with van der Waals surface area (Å²) in [6, 6.07) is 6.67. The van der Waals surface area contributed by atoms with E-state index in [0.717, 1.165) is 35.4 Å². The number of hydrogen-bond donors (Lipinski definition) is 2. The maximum Gasteiger partial charge on any atom is 0.158 e. The summed E-state index contributed by atoms with van der Waals surface area (Å²) in [4.78, 5) is 8.67. The van der Waals surface area contributed by atoms with Crippen LogP contribution in [0.3, 0.4) is 0 Å². The first-order chi connectivity index (χ1) is 9.70. The molecule has 102 valence electrons. The second kappa shape index (κ2) is 4.85. The molecule has 1 aromatic carbocycles. The summed E-state index contributed by atoms with van der Waals surface area (Å²) < 4.78 is 2.10. The molecule has 0 unspecified atom stereocenters. The van der Waals surface area contributed by atoms with Gasteiger partial charge in [0, 0.05) is 18.3 Å². The van der Waals surface area contributed by atoms with Crippen molar-refractivity contribution in [2.45, 2.75) is 19.9 Å². The van der Waals surface area contributed by atoms with Gasteiger partial charge in [-0.25, -0.2) is 4.98 Å². The van der Waals surface area contributed by atoms with Crippen LogP contribution in [0.1, 0.15) is 13.3 Å². The van der Waals surface area contributed by atoms with Crippen molar-refractivity contribution in [3.05, 3.63) is 36.7 Å². The Labute approximate surface area is 116 Å². The lowest BCUT2D eigenvalue weighted by atomic mass is 10.2. The molecule has 2 heterocycles. The van der Waals surface area contributed by atoms with Crippen molar-refractivity contribution in [2.75, 3.05) is 0 Å². The molecular formula is C15H15N3O2. The lowest BCUT2D eigenvalue weighted by Crippen LogP contribution is -1.99. The van der Waals surface area contributed by atoms with E-state index in [9.17, 15) is 10.2 Å². The topological polar surface area (TPSA) is 71.2 Å². The van der Waals surface area contributed by atoms with E-state index in [0.29, 0.717) is 0 Å². The van der Waals surface area contributed by atoms with Gasteiger partial charge in [-0.2, -0.15) is 0 Å². The van der Waals surface area contributed by atoms with E-state index in [1.807, 2.05) is 6.07 Å². The summed E-state index contributed by atoms with van der Waals surface area (Å²) in [5.41, 5.74) is 2.61. The molecule has 0 aliphatic carbocycles. The van der Waals surface area contributed by atoms with Crippen LogP contribution in [0.25, 0.3) is 22.4 Å². The van der Waals surface area contributed by atoms with Crippen LogP contribution >= 0.6 is 0 Å². The molecule has 0 saturated carbocycles. The van der Waals surface area contributed by atoms with Crippen LogP contribution in [0.5, 0.6) is 11.5 Å². The Hall–Kier alpha value is -2.56. The van der Waals surface area contributed by atoms with Crippen LogP contribution in [0.15, 0.2) is 36.7 Å². The van der Waals surface area contributed by atoms with Crippen LogP contribution < -0.4 is 0 Å². The Bertz CT molecular complexity index is 765. The average Bonchev–Trinajstić information content (AvgIpc) is 2.82. The molecule has 0 radical (unpaired) electrons. The molecule has 2 N–H and O–H groups in total. The number of aromatic nitrogens is 3. The van der Waals surface area contributed by atoms with Crippen molar-refractivity contribution in [1.29, 1.82) is 0 Å². The molecule has 20 heavy (non-hydrogen) atoms. The van der Waals surface area contributed by atoms with Crippen molar-refractivity contribution < 1.29 is 10.2 Å². The number of aryl methyl sites for hydroxylation is 1. The second-order valence-corrected chi connectivity index (χ2v) is 4.65. The van der Waals surface area contributed by atoms with Gasteiger partial charge in [0.1, 0.15) is 11.3 Å². The van der Waals surface area contributed by atoms with E-state index in [4.69, 9.17) is 0 Å². The van der Waals surface area contributed by atoms with Gasteiger partial charge in [-0.1, -0.05) is 6.92 Å². The highest BCUT2D eigenvalue weighted by Gasteiger charge is 2.13. The fraction of sp³-hybridized carbons (Fsp3) is 0.200. The number of pyridine rings is 1. The number of rotatable bonds is 3. The Kier molecular flexibility index (Phi) is 3.02. The van der Waals surface area contributed by atoms with Gasteiger partial charge in [0.2, 0.25) is 0 Å². The van der Waals surface area contributed by atoms with Crippen LogP contribution in [-0.2, 0) is 6.54 Å². The third-order valence-corrected chi connectivity index (χ3v) is 3.23. The zero-order valence-corrected chi connectivity index (χ0v) is 11.1.